The first-order valence-electron chi connectivity index (χ1n) is 6.38. The number of aliphatic carboxylic acids is 1. The van der Waals surface area contributed by atoms with Crippen molar-refractivity contribution in [3.05, 3.63) is 0 Å². The predicted octanol–water partition coefficient (Wildman–Crippen LogP) is 0.450. The fourth-order valence-electron chi connectivity index (χ4n) is 2.83. The molecule has 2 saturated heterocycles. The summed E-state index contributed by atoms with van der Waals surface area (Å²) < 4.78 is 0. The lowest BCUT2D eigenvalue weighted by molar-refractivity contribution is -0.150. The van der Waals surface area contributed by atoms with Crippen molar-refractivity contribution < 1.29 is 14.7 Å². The van der Waals surface area contributed by atoms with Gasteiger partial charge in [-0.3, -0.25) is 4.79 Å². The minimum Gasteiger partial charge on any atom is -0.480 e. The number of likely N-dealkylation sites (tertiary alicyclic amines) is 1. The molecule has 5 heteroatoms. The van der Waals surface area contributed by atoms with Gasteiger partial charge in [0.05, 0.1) is 6.04 Å². The van der Waals surface area contributed by atoms with Gasteiger partial charge in [0.1, 0.15) is 6.04 Å². The lowest BCUT2D eigenvalue weighted by Crippen LogP contribution is -2.52. The van der Waals surface area contributed by atoms with Gasteiger partial charge in [0.2, 0.25) is 5.91 Å². The van der Waals surface area contributed by atoms with Gasteiger partial charge in [-0.15, -0.1) is 0 Å². The average molecular weight is 240 g/mol. The second kappa shape index (κ2) is 5.04. The van der Waals surface area contributed by atoms with Gasteiger partial charge in [0.25, 0.3) is 0 Å². The Morgan fingerprint density at radius 3 is 2.65 bits per heavy atom. The summed E-state index contributed by atoms with van der Waals surface area (Å²) in [5.41, 5.74) is 0. The van der Waals surface area contributed by atoms with E-state index < -0.39 is 12.0 Å². The van der Waals surface area contributed by atoms with E-state index in [1.54, 1.807) is 4.90 Å². The van der Waals surface area contributed by atoms with E-state index in [4.69, 9.17) is 0 Å². The Hall–Kier alpha value is -1.10. The molecule has 0 radical (unpaired) electrons. The summed E-state index contributed by atoms with van der Waals surface area (Å²) in [5, 5.41) is 12.4. The number of carbonyl (C=O) groups is 2. The zero-order chi connectivity index (χ0) is 12.4. The van der Waals surface area contributed by atoms with Crippen molar-refractivity contribution in [3.63, 3.8) is 0 Å². The van der Waals surface area contributed by atoms with Crippen LogP contribution in [0.15, 0.2) is 0 Å². The monoisotopic (exact) mass is 240 g/mol. The van der Waals surface area contributed by atoms with Crippen LogP contribution in [-0.4, -0.2) is 47.1 Å². The highest BCUT2D eigenvalue weighted by Crippen LogP contribution is 2.25. The third kappa shape index (κ3) is 2.44. The number of rotatable bonds is 2. The molecular weight excluding hydrogens is 220 g/mol. The number of piperidine rings is 1. The quantitative estimate of drug-likeness (QED) is 0.735. The van der Waals surface area contributed by atoms with Gasteiger partial charge in [-0.1, -0.05) is 13.3 Å². The van der Waals surface area contributed by atoms with Crippen LogP contribution in [-0.2, 0) is 9.59 Å². The van der Waals surface area contributed by atoms with Crippen molar-refractivity contribution in [3.8, 4) is 0 Å². The van der Waals surface area contributed by atoms with Crippen molar-refractivity contribution in [1.29, 1.82) is 0 Å². The number of carboxylic acid groups (broad SMARTS) is 1. The van der Waals surface area contributed by atoms with Crippen molar-refractivity contribution in [2.45, 2.75) is 44.7 Å². The average Bonchev–Trinajstić information content (AvgIpc) is 2.71. The van der Waals surface area contributed by atoms with Crippen LogP contribution in [0.2, 0.25) is 0 Å². The minimum absolute atomic E-state index is 0.0264. The van der Waals surface area contributed by atoms with Crippen LogP contribution < -0.4 is 5.32 Å². The molecule has 1 amide bonds. The number of nitrogens with zero attached hydrogens (tertiary/aromatic N) is 1. The van der Waals surface area contributed by atoms with Crippen LogP contribution in [0.1, 0.15) is 32.6 Å². The van der Waals surface area contributed by atoms with E-state index in [-0.39, 0.29) is 17.9 Å². The molecule has 0 spiro atoms. The zero-order valence-electron chi connectivity index (χ0n) is 10.2. The molecule has 2 heterocycles. The molecule has 2 fully saturated rings. The Morgan fingerprint density at radius 1 is 1.29 bits per heavy atom. The molecule has 2 N–H and O–H groups in total. The summed E-state index contributed by atoms with van der Waals surface area (Å²) in [6.07, 6.45) is 3.76. The molecule has 0 aromatic heterocycles. The number of hydrogen-bond acceptors (Lipinski definition) is 3. The highest BCUT2D eigenvalue weighted by molar-refractivity contribution is 5.87. The van der Waals surface area contributed by atoms with Crippen molar-refractivity contribution in [2.24, 2.45) is 5.92 Å². The SMILES string of the molecule is CC1CCN(C(=O)C2CCCCN2)C1C(=O)O. The first-order valence-corrected chi connectivity index (χ1v) is 6.38. The highest BCUT2D eigenvalue weighted by Gasteiger charge is 2.41. The van der Waals surface area contributed by atoms with E-state index in [0.29, 0.717) is 6.54 Å². The molecule has 96 valence electrons. The van der Waals surface area contributed by atoms with E-state index in [2.05, 4.69) is 5.32 Å². The first-order chi connectivity index (χ1) is 8.11. The van der Waals surface area contributed by atoms with Gasteiger partial charge in [-0.05, 0) is 31.7 Å². The van der Waals surface area contributed by atoms with Crippen molar-refractivity contribution >= 4 is 11.9 Å². The molecule has 5 nitrogen and oxygen atoms in total. The summed E-state index contributed by atoms with van der Waals surface area (Å²) in [5.74, 6) is -0.847. The van der Waals surface area contributed by atoms with E-state index in [9.17, 15) is 14.7 Å². The molecule has 0 saturated carbocycles. The van der Waals surface area contributed by atoms with E-state index in [0.717, 1.165) is 32.2 Å². The van der Waals surface area contributed by atoms with Crippen LogP contribution in [0.4, 0.5) is 0 Å². The number of carboxylic acids is 1. The Labute approximate surface area is 101 Å². The number of nitrogens with one attached hydrogen (secondary N) is 1. The lowest BCUT2D eigenvalue weighted by atomic mass is 10.0. The smallest absolute Gasteiger partial charge is 0.326 e. The summed E-state index contributed by atoms with van der Waals surface area (Å²) in [6, 6.07) is -0.804. The summed E-state index contributed by atoms with van der Waals surface area (Å²) in [4.78, 5) is 25.0. The van der Waals surface area contributed by atoms with Crippen LogP contribution in [0.3, 0.4) is 0 Å². The summed E-state index contributed by atoms with van der Waals surface area (Å²) in [7, 11) is 0. The number of hydrogen-bond donors (Lipinski definition) is 2. The predicted molar refractivity (Wildman–Crippen MR) is 62.6 cm³/mol. The molecule has 0 aromatic rings. The molecular formula is C12H20N2O3. The minimum atomic E-state index is -0.876. The molecule has 2 rings (SSSR count). The molecule has 2 aliphatic heterocycles. The summed E-state index contributed by atoms with van der Waals surface area (Å²) >= 11 is 0. The van der Waals surface area contributed by atoms with Crippen LogP contribution in [0.25, 0.3) is 0 Å². The number of carbonyl (C=O) groups excluding carboxylic acids is 1. The maximum atomic E-state index is 12.3. The van der Waals surface area contributed by atoms with Gasteiger partial charge < -0.3 is 15.3 Å². The second-order valence-corrected chi connectivity index (χ2v) is 5.08. The molecule has 0 aromatic carbocycles. The first kappa shape index (κ1) is 12.4. The molecule has 2 aliphatic rings. The maximum absolute atomic E-state index is 12.3. The lowest BCUT2D eigenvalue weighted by Gasteiger charge is -2.30. The second-order valence-electron chi connectivity index (χ2n) is 5.08. The largest absolute Gasteiger partial charge is 0.480 e. The molecule has 0 aliphatic carbocycles. The van der Waals surface area contributed by atoms with Gasteiger partial charge in [-0.2, -0.15) is 0 Å². The standard InChI is InChI=1S/C12H20N2O3/c1-8-5-7-14(10(8)12(16)17)11(15)9-4-2-3-6-13-9/h8-10,13H,2-7H2,1H3,(H,16,17). The normalized spacial score (nSPS) is 33.7. The highest BCUT2D eigenvalue weighted by atomic mass is 16.4. The molecule has 17 heavy (non-hydrogen) atoms. The number of amides is 1. The Kier molecular flexibility index (Phi) is 3.66. The third-order valence-electron chi connectivity index (χ3n) is 3.84. The van der Waals surface area contributed by atoms with Gasteiger partial charge in [0, 0.05) is 6.54 Å². The van der Waals surface area contributed by atoms with Crippen LogP contribution in [0.5, 0.6) is 0 Å². The topological polar surface area (TPSA) is 69.6 Å². The van der Waals surface area contributed by atoms with E-state index in [1.807, 2.05) is 6.92 Å². The fourth-order valence-corrected chi connectivity index (χ4v) is 2.83. The maximum Gasteiger partial charge on any atom is 0.326 e. The Bertz CT molecular complexity index is 313. The Balaban J connectivity index is 2.05. The van der Waals surface area contributed by atoms with Crippen molar-refractivity contribution in [1.82, 2.24) is 10.2 Å². The van der Waals surface area contributed by atoms with Crippen LogP contribution in [0, 0.1) is 5.92 Å². The van der Waals surface area contributed by atoms with Crippen LogP contribution >= 0.6 is 0 Å². The molecule has 0 bridgehead atoms. The van der Waals surface area contributed by atoms with Crippen molar-refractivity contribution in [2.75, 3.05) is 13.1 Å². The fraction of sp³-hybridized carbons (Fsp3) is 0.833. The van der Waals surface area contributed by atoms with E-state index in [1.165, 1.54) is 0 Å². The Morgan fingerprint density at radius 2 is 2.06 bits per heavy atom. The molecule has 3 atom stereocenters. The third-order valence-corrected chi connectivity index (χ3v) is 3.84. The van der Waals surface area contributed by atoms with Gasteiger partial charge >= 0.3 is 5.97 Å². The summed E-state index contributed by atoms with van der Waals surface area (Å²) in [6.45, 7) is 3.34. The molecule has 3 unspecified atom stereocenters. The zero-order valence-corrected chi connectivity index (χ0v) is 10.2. The van der Waals surface area contributed by atoms with Gasteiger partial charge in [0.15, 0.2) is 0 Å². The van der Waals surface area contributed by atoms with Gasteiger partial charge in [-0.25, -0.2) is 4.79 Å². The van der Waals surface area contributed by atoms with E-state index >= 15 is 0 Å².